The Morgan fingerprint density at radius 3 is 2.55 bits per heavy atom. The van der Waals surface area contributed by atoms with E-state index >= 15 is 0 Å². The van der Waals surface area contributed by atoms with Crippen LogP contribution >= 0.6 is 0 Å². The first kappa shape index (κ1) is 7.53. The van der Waals surface area contributed by atoms with E-state index in [-0.39, 0.29) is 0 Å². The highest BCUT2D eigenvalue weighted by molar-refractivity contribution is 5.70. The number of nitrogens with zero attached hydrogens (tertiary/aromatic N) is 2. The molecule has 0 amide bonds. The summed E-state index contributed by atoms with van der Waals surface area (Å²) < 4.78 is 9.16. The molecule has 0 aromatic carbocycles. The Balaban J connectivity index is 0.000000112. The van der Waals surface area contributed by atoms with E-state index in [0.717, 1.165) is 0 Å². The van der Waals surface area contributed by atoms with Crippen molar-refractivity contribution in [2.45, 2.75) is 0 Å². The smallest absolute Gasteiger partial charge is 0.180 e. The Hall–Kier alpha value is -1.58. The third kappa shape index (κ3) is 3.91. The molecule has 4 heteroatoms. The Morgan fingerprint density at radius 2 is 2.36 bits per heavy atom. The normalized spacial score (nSPS) is 13.1. The van der Waals surface area contributed by atoms with E-state index in [1.807, 2.05) is 0 Å². The number of oxazole rings is 1. The van der Waals surface area contributed by atoms with Crippen LogP contribution in [0, 0.1) is 0 Å². The Morgan fingerprint density at radius 1 is 1.36 bits per heavy atom. The van der Waals surface area contributed by atoms with E-state index in [1.54, 1.807) is 24.7 Å². The van der Waals surface area contributed by atoms with Crippen molar-refractivity contribution < 1.29 is 9.15 Å². The molecule has 0 radical (unpaired) electrons. The van der Waals surface area contributed by atoms with Gasteiger partial charge in [-0.05, 0) is 6.08 Å². The monoisotopic (exact) mass is 152 g/mol. The van der Waals surface area contributed by atoms with Crippen LogP contribution in [0.5, 0.6) is 0 Å². The van der Waals surface area contributed by atoms with Gasteiger partial charge in [0.05, 0.1) is 12.5 Å². The largest absolute Gasteiger partial charge is 0.479 e. The van der Waals surface area contributed by atoms with Gasteiger partial charge in [-0.2, -0.15) is 0 Å². The van der Waals surface area contributed by atoms with Gasteiger partial charge in [-0.3, -0.25) is 4.99 Å². The molecule has 0 N–H and O–H groups in total. The van der Waals surface area contributed by atoms with Crippen LogP contribution in [0.1, 0.15) is 0 Å². The zero-order valence-corrected chi connectivity index (χ0v) is 5.88. The molecule has 58 valence electrons. The second kappa shape index (κ2) is 5.22. The van der Waals surface area contributed by atoms with Crippen molar-refractivity contribution in [3.8, 4) is 0 Å². The summed E-state index contributed by atoms with van der Waals surface area (Å²) >= 11 is 0. The first-order valence-electron chi connectivity index (χ1n) is 3.09. The number of aromatic nitrogens is 1. The minimum Gasteiger partial charge on any atom is -0.479 e. The van der Waals surface area contributed by atoms with Crippen molar-refractivity contribution in [3.63, 3.8) is 0 Å². The van der Waals surface area contributed by atoms with Crippen LogP contribution in [0.2, 0.25) is 0 Å². The molecule has 0 bridgehead atoms. The fourth-order valence-corrected chi connectivity index (χ4v) is 0.456. The number of allylic oxidation sites excluding steroid dienone is 1. The molecule has 11 heavy (non-hydrogen) atoms. The number of rotatable bonds is 0. The van der Waals surface area contributed by atoms with Crippen LogP contribution in [0.3, 0.4) is 0 Å². The lowest BCUT2D eigenvalue weighted by Crippen LogP contribution is -1.86. The number of hydrogen-bond donors (Lipinski definition) is 0. The van der Waals surface area contributed by atoms with E-state index in [2.05, 4.69) is 14.4 Å². The van der Waals surface area contributed by atoms with Gasteiger partial charge in [0.25, 0.3) is 0 Å². The minimum atomic E-state index is 0.483. The minimum absolute atomic E-state index is 0.483. The molecule has 0 saturated carbocycles. The fourth-order valence-electron chi connectivity index (χ4n) is 0.456. The first-order chi connectivity index (χ1) is 5.50. The summed E-state index contributed by atoms with van der Waals surface area (Å²) in [6, 6.07) is 0. The number of hydrogen-bond acceptors (Lipinski definition) is 4. The lowest BCUT2D eigenvalue weighted by atomic mass is 10.7. The van der Waals surface area contributed by atoms with Crippen molar-refractivity contribution >= 4 is 6.21 Å². The lowest BCUT2D eigenvalue weighted by molar-refractivity contribution is 0.259. The van der Waals surface area contributed by atoms with Crippen LogP contribution < -0.4 is 0 Å². The average molecular weight is 152 g/mol. The molecule has 0 saturated heterocycles. The lowest BCUT2D eigenvalue weighted by Gasteiger charge is -1.94. The second-order valence-electron chi connectivity index (χ2n) is 1.63. The highest BCUT2D eigenvalue weighted by atomic mass is 16.5. The molecule has 1 aliphatic rings. The van der Waals surface area contributed by atoms with E-state index in [1.165, 1.54) is 12.7 Å². The van der Waals surface area contributed by atoms with Crippen molar-refractivity contribution in [2.75, 3.05) is 6.73 Å². The highest BCUT2D eigenvalue weighted by Crippen LogP contribution is 1.82. The molecular formula is C7H8N2O2. The Bertz CT molecular complexity index is 187. The standard InChI is InChI=1S/C4H5NO.C3H3NO/c1-2-5-4-6-3-1;1-2-5-3-4-1/h1-3H,4H2;1-3H. The predicted molar refractivity (Wildman–Crippen MR) is 40.1 cm³/mol. The molecular weight excluding hydrogens is 144 g/mol. The third-order valence-corrected chi connectivity index (χ3v) is 0.863. The molecule has 0 unspecified atom stereocenters. The zero-order valence-electron chi connectivity index (χ0n) is 5.88. The van der Waals surface area contributed by atoms with Crippen LogP contribution in [0.25, 0.3) is 0 Å². The molecule has 1 aliphatic heterocycles. The summed E-state index contributed by atoms with van der Waals surface area (Å²) in [5, 5.41) is 0. The number of aliphatic imine (C=N–C) groups is 1. The zero-order chi connectivity index (χ0) is 7.78. The molecule has 2 heterocycles. The summed E-state index contributed by atoms with van der Waals surface area (Å²) in [5.74, 6) is 0. The average Bonchev–Trinajstić information content (AvgIpc) is 2.64. The predicted octanol–water partition coefficient (Wildman–Crippen LogP) is 1.23. The van der Waals surface area contributed by atoms with Crippen LogP contribution in [-0.2, 0) is 4.74 Å². The van der Waals surface area contributed by atoms with Gasteiger partial charge in [0.2, 0.25) is 0 Å². The quantitative estimate of drug-likeness (QED) is 0.561. The van der Waals surface area contributed by atoms with Crippen molar-refractivity contribution in [1.82, 2.24) is 4.98 Å². The maximum absolute atomic E-state index is 4.69. The Kier molecular flexibility index (Phi) is 3.57. The van der Waals surface area contributed by atoms with Gasteiger partial charge < -0.3 is 9.15 Å². The van der Waals surface area contributed by atoms with Gasteiger partial charge in [0, 0.05) is 6.21 Å². The number of ether oxygens (including phenoxy) is 1. The van der Waals surface area contributed by atoms with Crippen molar-refractivity contribution in [3.05, 3.63) is 31.2 Å². The van der Waals surface area contributed by atoms with Crippen molar-refractivity contribution in [1.29, 1.82) is 0 Å². The van der Waals surface area contributed by atoms with Gasteiger partial charge >= 0.3 is 0 Å². The SMILES string of the molecule is C1=COCN=C1.c1cocn1. The second-order valence-corrected chi connectivity index (χ2v) is 1.63. The Labute approximate surface area is 64.2 Å². The molecule has 0 spiro atoms. The molecule has 0 atom stereocenters. The van der Waals surface area contributed by atoms with E-state index in [4.69, 9.17) is 4.74 Å². The first-order valence-corrected chi connectivity index (χ1v) is 3.09. The third-order valence-electron chi connectivity index (χ3n) is 0.863. The molecule has 1 aromatic rings. The molecule has 2 rings (SSSR count). The molecule has 4 nitrogen and oxygen atoms in total. The van der Waals surface area contributed by atoms with Crippen molar-refractivity contribution in [2.24, 2.45) is 4.99 Å². The van der Waals surface area contributed by atoms with E-state index < -0.39 is 0 Å². The molecule has 1 aromatic heterocycles. The van der Waals surface area contributed by atoms with E-state index in [0.29, 0.717) is 6.73 Å². The van der Waals surface area contributed by atoms with Gasteiger partial charge in [-0.25, -0.2) is 4.98 Å². The van der Waals surface area contributed by atoms with Crippen LogP contribution in [-0.4, -0.2) is 17.9 Å². The maximum atomic E-state index is 4.69. The van der Waals surface area contributed by atoms with Gasteiger partial charge in [-0.1, -0.05) is 0 Å². The van der Waals surface area contributed by atoms with Gasteiger partial charge in [0.1, 0.15) is 6.26 Å². The van der Waals surface area contributed by atoms with E-state index in [9.17, 15) is 0 Å². The maximum Gasteiger partial charge on any atom is 0.180 e. The summed E-state index contributed by atoms with van der Waals surface area (Å²) in [6.45, 7) is 0.483. The summed E-state index contributed by atoms with van der Waals surface area (Å²) in [7, 11) is 0. The summed E-state index contributed by atoms with van der Waals surface area (Å²) in [6.07, 6.45) is 9.56. The summed E-state index contributed by atoms with van der Waals surface area (Å²) in [5.41, 5.74) is 0. The van der Waals surface area contributed by atoms with Gasteiger partial charge in [0.15, 0.2) is 13.1 Å². The summed E-state index contributed by atoms with van der Waals surface area (Å²) in [4.78, 5) is 7.30. The fraction of sp³-hybridized carbons (Fsp3) is 0.143. The molecule has 0 fully saturated rings. The molecule has 0 aliphatic carbocycles. The highest BCUT2D eigenvalue weighted by Gasteiger charge is 1.75. The van der Waals surface area contributed by atoms with Gasteiger partial charge in [-0.15, -0.1) is 0 Å². The van der Waals surface area contributed by atoms with Crippen LogP contribution in [0.4, 0.5) is 0 Å². The van der Waals surface area contributed by atoms with Crippen LogP contribution in [0.15, 0.2) is 40.6 Å². The topological polar surface area (TPSA) is 47.6 Å².